The Bertz CT molecular complexity index is 413. The zero-order valence-corrected chi connectivity index (χ0v) is 6.96. The minimum Gasteiger partial charge on any atom is -0.479 e. The van der Waals surface area contributed by atoms with Gasteiger partial charge >= 0.3 is 0 Å². The second kappa shape index (κ2) is 2.60. The number of fused-ring (bicyclic) bond motifs is 1. The number of aromatic amines is 1. The molecule has 0 aromatic carbocycles. The van der Waals surface area contributed by atoms with Crippen molar-refractivity contribution in [2.75, 3.05) is 7.11 Å². The zero-order valence-electron chi connectivity index (χ0n) is 6.21. The fraction of sp³-hybridized carbons (Fsp3) is 0.167. The average molecular weight is 185 g/mol. The van der Waals surface area contributed by atoms with Crippen LogP contribution in [0, 0.1) is 0 Å². The Labute approximate surface area is 72.8 Å². The van der Waals surface area contributed by atoms with E-state index in [1.807, 2.05) is 0 Å². The molecule has 0 aliphatic carbocycles. The number of hydrogen-bond acceptors (Lipinski definition) is 4. The van der Waals surface area contributed by atoms with Gasteiger partial charge in [0, 0.05) is 0 Å². The van der Waals surface area contributed by atoms with E-state index in [0.717, 1.165) is 0 Å². The van der Waals surface area contributed by atoms with Crippen LogP contribution in [0.3, 0.4) is 0 Å². The number of ether oxygens (including phenoxy) is 1. The van der Waals surface area contributed by atoms with Gasteiger partial charge in [-0.25, -0.2) is 4.98 Å². The van der Waals surface area contributed by atoms with Crippen LogP contribution in [-0.2, 0) is 0 Å². The molecule has 0 spiro atoms. The molecule has 0 bridgehead atoms. The third kappa shape index (κ3) is 0.984. The second-order valence-electron chi connectivity index (χ2n) is 2.11. The van der Waals surface area contributed by atoms with Crippen molar-refractivity contribution in [1.82, 2.24) is 19.9 Å². The minimum absolute atomic E-state index is 0.281. The lowest BCUT2D eigenvalue weighted by Crippen LogP contribution is -1.89. The van der Waals surface area contributed by atoms with Crippen LogP contribution >= 0.6 is 11.6 Å². The summed E-state index contributed by atoms with van der Waals surface area (Å²) in [7, 11) is 1.52. The molecule has 0 unspecified atom stereocenters. The van der Waals surface area contributed by atoms with Crippen molar-refractivity contribution in [3.8, 4) is 5.88 Å². The fourth-order valence-electron chi connectivity index (χ4n) is 0.934. The second-order valence-corrected chi connectivity index (χ2v) is 2.47. The average Bonchev–Trinajstić information content (AvgIpc) is 2.44. The number of hydrogen-bond donors (Lipinski definition) is 1. The number of nitrogens with zero attached hydrogens (tertiary/aromatic N) is 3. The maximum absolute atomic E-state index is 5.62. The fourth-order valence-corrected chi connectivity index (χ4v) is 1.11. The molecule has 6 heteroatoms. The molecule has 0 radical (unpaired) electrons. The Morgan fingerprint density at radius 3 is 3.08 bits per heavy atom. The zero-order chi connectivity index (χ0) is 8.55. The van der Waals surface area contributed by atoms with Gasteiger partial charge < -0.3 is 9.72 Å². The normalized spacial score (nSPS) is 10.5. The maximum atomic E-state index is 5.62. The summed E-state index contributed by atoms with van der Waals surface area (Å²) >= 11 is 5.62. The number of methoxy groups -OCH3 is 1. The lowest BCUT2D eigenvalue weighted by Gasteiger charge is -1.95. The van der Waals surface area contributed by atoms with Crippen molar-refractivity contribution in [3.05, 3.63) is 11.6 Å². The Kier molecular flexibility index (Phi) is 1.58. The molecule has 0 amide bonds. The first-order valence-corrected chi connectivity index (χ1v) is 3.59. The Balaban J connectivity index is 2.78. The molecule has 2 heterocycles. The molecule has 0 saturated carbocycles. The Morgan fingerprint density at radius 1 is 1.50 bits per heavy atom. The molecule has 0 fully saturated rings. The van der Waals surface area contributed by atoms with Crippen LogP contribution in [0.1, 0.15) is 0 Å². The molecule has 12 heavy (non-hydrogen) atoms. The molecular formula is C6H5ClN4O. The third-order valence-electron chi connectivity index (χ3n) is 1.42. The van der Waals surface area contributed by atoms with Crippen molar-refractivity contribution < 1.29 is 4.74 Å². The highest BCUT2D eigenvalue weighted by molar-refractivity contribution is 6.29. The topological polar surface area (TPSA) is 63.7 Å². The van der Waals surface area contributed by atoms with E-state index in [0.29, 0.717) is 17.0 Å². The van der Waals surface area contributed by atoms with Gasteiger partial charge in [0.2, 0.25) is 11.2 Å². The Hall–Kier alpha value is -1.36. The Morgan fingerprint density at radius 2 is 2.33 bits per heavy atom. The quantitative estimate of drug-likeness (QED) is 0.672. The van der Waals surface area contributed by atoms with Crippen molar-refractivity contribution in [1.29, 1.82) is 0 Å². The lowest BCUT2D eigenvalue weighted by atomic mass is 10.5. The van der Waals surface area contributed by atoms with E-state index >= 15 is 0 Å². The van der Waals surface area contributed by atoms with Crippen molar-refractivity contribution in [2.24, 2.45) is 0 Å². The van der Waals surface area contributed by atoms with Crippen LogP contribution in [0.25, 0.3) is 11.2 Å². The summed E-state index contributed by atoms with van der Waals surface area (Å²) in [5.74, 6) is 0.444. The maximum Gasteiger partial charge on any atom is 0.243 e. The third-order valence-corrected chi connectivity index (χ3v) is 1.60. The predicted octanol–water partition coefficient (Wildman–Crippen LogP) is 1.01. The van der Waals surface area contributed by atoms with Gasteiger partial charge in [0.1, 0.15) is 11.8 Å². The molecule has 2 aromatic heterocycles. The molecule has 62 valence electrons. The number of rotatable bonds is 1. The summed E-state index contributed by atoms with van der Waals surface area (Å²) in [6.45, 7) is 0. The van der Waals surface area contributed by atoms with Gasteiger partial charge in [-0.2, -0.15) is 9.97 Å². The van der Waals surface area contributed by atoms with Crippen LogP contribution in [0.4, 0.5) is 0 Å². The van der Waals surface area contributed by atoms with E-state index in [1.165, 1.54) is 13.4 Å². The molecule has 2 rings (SSSR count). The standard InChI is InChI=1S/C6H5ClN4O/c1-12-5-3-4(8-2-9-5)11-6(7)10-3/h2H,1H3,(H,8,9,10,11). The first-order valence-electron chi connectivity index (χ1n) is 3.21. The summed E-state index contributed by atoms with van der Waals surface area (Å²) < 4.78 is 4.96. The van der Waals surface area contributed by atoms with E-state index in [9.17, 15) is 0 Å². The van der Waals surface area contributed by atoms with E-state index in [-0.39, 0.29) is 5.28 Å². The van der Waals surface area contributed by atoms with Gasteiger partial charge in [-0.15, -0.1) is 0 Å². The highest BCUT2D eigenvalue weighted by Crippen LogP contribution is 2.19. The molecule has 1 N–H and O–H groups in total. The molecule has 0 aliphatic rings. The van der Waals surface area contributed by atoms with E-state index in [2.05, 4.69) is 19.9 Å². The predicted molar refractivity (Wildman–Crippen MR) is 43.2 cm³/mol. The largest absolute Gasteiger partial charge is 0.479 e. The molecular weight excluding hydrogens is 180 g/mol. The first kappa shape index (κ1) is 7.30. The summed E-state index contributed by atoms with van der Waals surface area (Å²) in [6, 6.07) is 0. The number of halogens is 1. The van der Waals surface area contributed by atoms with Crippen LogP contribution in [-0.4, -0.2) is 27.0 Å². The smallest absolute Gasteiger partial charge is 0.243 e. The van der Waals surface area contributed by atoms with Gasteiger partial charge in [0.05, 0.1) is 7.11 Å². The van der Waals surface area contributed by atoms with Gasteiger partial charge in [0.25, 0.3) is 0 Å². The number of nitrogens with one attached hydrogen (secondary N) is 1. The van der Waals surface area contributed by atoms with Crippen molar-refractivity contribution >= 4 is 22.8 Å². The molecule has 0 atom stereocenters. The first-order chi connectivity index (χ1) is 5.81. The van der Waals surface area contributed by atoms with Gasteiger partial charge in [-0.1, -0.05) is 0 Å². The van der Waals surface area contributed by atoms with Crippen LogP contribution in [0.15, 0.2) is 6.33 Å². The SMILES string of the molecule is COc1ncnc2nc(Cl)[nH]c12. The van der Waals surface area contributed by atoms with Crippen molar-refractivity contribution in [3.63, 3.8) is 0 Å². The number of aromatic nitrogens is 4. The highest BCUT2D eigenvalue weighted by atomic mass is 35.5. The van der Waals surface area contributed by atoms with E-state index in [1.54, 1.807) is 0 Å². The summed E-state index contributed by atoms with van der Waals surface area (Å²) in [4.78, 5) is 14.5. The van der Waals surface area contributed by atoms with E-state index < -0.39 is 0 Å². The van der Waals surface area contributed by atoms with Crippen LogP contribution in [0.5, 0.6) is 5.88 Å². The summed E-state index contributed by atoms with van der Waals surface area (Å²) in [5, 5.41) is 0.281. The van der Waals surface area contributed by atoms with E-state index in [4.69, 9.17) is 16.3 Å². The summed E-state index contributed by atoms with van der Waals surface area (Å²) in [6.07, 6.45) is 1.37. The highest BCUT2D eigenvalue weighted by Gasteiger charge is 2.07. The monoisotopic (exact) mass is 184 g/mol. The van der Waals surface area contributed by atoms with Gasteiger partial charge in [0.15, 0.2) is 5.65 Å². The summed E-state index contributed by atoms with van der Waals surface area (Å²) in [5.41, 5.74) is 1.12. The molecule has 5 nitrogen and oxygen atoms in total. The molecule has 0 aliphatic heterocycles. The lowest BCUT2D eigenvalue weighted by molar-refractivity contribution is 0.401. The molecule has 2 aromatic rings. The molecule has 0 saturated heterocycles. The van der Waals surface area contributed by atoms with Crippen LogP contribution < -0.4 is 4.74 Å². The van der Waals surface area contributed by atoms with Gasteiger partial charge in [-0.05, 0) is 11.6 Å². The minimum atomic E-state index is 0.281. The number of H-pyrrole nitrogens is 1. The number of imidazole rings is 1. The van der Waals surface area contributed by atoms with Crippen molar-refractivity contribution in [2.45, 2.75) is 0 Å². The van der Waals surface area contributed by atoms with Gasteiger partial charge in [-0.3, -0.25) is 0 Å². The van der Waals surface area contributed by atoms with Crippen LogP contribution in [0.2, 0.25) is 5.28 Å².